The first-order valence-corrected chi connectivity index (χ1v) is 8.59. The summed E-state index contributed by atoms with van der Waals surface area (Å²) in [6, 6.07) is 7.44. The maximum Gasteiger partial charge on any atom is 0.119 e. The van der Waals surface area contributed by atoms with Crippen LogP contribution in [-0.4, -0.2) is 33.5 Å². The van der Waals surface area contributed by atoms with Gasteiger partial charge in [-0.25, -0.2) is 0 Å². The van der Waals surface area contributed by atoms with Gasteiger partial charge in [-0.05, 0) is 24.1 Å². The molecule has 0 radical (unpaired) electrons. The van der Waals surface area contributed by atoms with Crippen LogP contribution in [0.1, 0.15) is 31.7 Å². The first-order valence-electron chi connectivity index (χ1n) is 7.10. The molecule has 1 aromatic carbocycles. The lowest BCUT2D eigenvalue weighted by atomic mass is 10.2. The zero-order valence-electron chi connectivity index (χ0n) is 12.1. The van der Waals surface area contributed by atoms with Crippen molar-refractivity contribution in [3.8, 4) is 5.75 Å². The molecule has 5 heteroatoms. The maximum absolute atomic E-state index is 11.7. The number of nitrogens with two attached hydrogens (primary N) is 1. The predicted octanol–water partition coefficient (Wildman–Crippen LogP) is 1.82. The van der Waals surface area contributed by atoms with Crippen LogP contribution >= 0.6 is 0 Å². The van der Waals surface area contributed by atoms with Crippen molar-refractivity contribution in [3.63, 3.8) is 0 Å². The largest absolute Gasteiger partial charge is 0.491 e. The fourth-order valence-corrected chi connectivity index (χ4v) is 2.99. The summed E-state index contributed by atoms with van der Waals surface area (Å²) < 4.78 is 17.2. The van der Waals surface area contributed by atoms with Gasteiger partial charge in [-0.15, -0.1) is 0 Å². The third-order valence-electron chi connectivity index (χ3n) is 2.96. The second kappa shape index (κ2) is 9.91. The van der Waals surface area contributed by atoms with Crippen molar-refractivity contribution in [1.82, 2.24) is 0 Å². The highest BCUT2D eigenvalue weighted by atomic mass is 32.2. The van der Waals surface area contributed by atoms with Gasteiger partial charge in [0.25, 0.3) is 0 Å². The summed E-state index contributed by atoms with van der Waals surface area (Å²) in [5.74, 6) is 1.64. The van der Waals surface area contributed by atoms with Gasteiger partial charge in [-0.3, -0.25) is 4.21 Å². The Morgan fingerprint density at radius 3 is 2.60 bits per heavy atom. The molecule has 0 spiro atoms. The van der Waals surface area contributed by atoms with Crippen LogP contribution in [-0.2, 0) is 17.3 Å². The summed E-state index contributed by atoms with van der Waals surface area (Å²) in [5, 5.41) is 9.80. The zero-order chi connectivity index (χ0) is 14.8. The first kappa shape index (κ1) is 17.1. The van der Waals surface area contributed by atoms with E-state index in [1.807, 2.05) is 24.3 Å². The molecule has 2 unspecified atom stereocenters. The molecule has 3 N–H and O–H groups in total. The van der Waals surface area contributed by atoms with Crippen molar-refractivity contribution in [2.24, 2.45) is 5.73 Å². The Morgan fingerprint density at radius 1 is 1.30 bits per heavy atom. The van der Waals surface area contributed by atoms with Crippen LogP contribution in [0.4, 0.5) is 0 Å². The highest BCUT2D eigenvalue weighted by molar-refractivity contribution is 7.85. The van der Waals surface area contributed by atoms with E-state index in [9.17, 15) is 9.32 Å². The molecule has 0 aliphatic rings. The minimum Gasteiger partial charge on any atom is -0.491 e. The molecule has 0 aliphatic carbocycles. The van der Waals surface area contributed by atoms with Crippen molar-refractivity contribution in [3.05, 3.63) is 29.8 Å². The first-order chi connectivity index (χ1) is 9.65. The monoisotopic (exact) mass is 299 g/mol. The van der Waals surface area contributed by atoms with Crippen molar-refractivity contribution in [2.75, 3.05) is 18.1 Å². The molecule has 1 aromatic rings. The number of hydrogen-bond donors (Lipinski definition) is 2. The second-order valence-electron chi connectivity index (χ2n) is 4.83. The second-order valence-corrected chi connectivity index (χ2v) is 6.45. The number of aliphatic hydroxyl groups is 1. The summed E-state index contributed by atoms with van der Waals surface area (Å²) >= 11 is 0. The summed E-state index contributed by atoms with van der Waals surface area (Å²) in [5.41, 5.74) is 6.55. The number of aliphatic hydroxyl groups excluding tert-OH is 1. The summed E-state index contributed by atoms with van der Waals surface area (Å²) in [7, 11) is -0.961. The molecule has 0 fully saturated rings. The lowest BCUT2D eigenvalue weighted by molar-refractivity contribution is 0.125. The molecule has 114 valence electrons. The lowest BCUT2D eigenvalue weighted by Gasteiger charge is -2.12. The maximum atomic E-state index is 11.7. The Hall–Kier alpha value is -0.910. The summed E-state index contributed by atoms with van der Waals surface area (Å²) in [6.07, 6.45) is 2.47. The van der Waals surface area contributed by atoms with Crippen LogP contribution < -0.4 is 10.5 Å². The standard InChI is InChI=1S/C15H25NO3S/c1-2-3-4-9-20(18)12-14(17)11-19-15-7-5-13(10-16)6-8-15/h5-8,14,17H,2-4,9-12,16H2,1H3. The van der Waals surface area contributed by atoms with E-state index in [0.29, 0.717) is 18.0 Å². The van der Waals surface area contributed by atoms with Crippen LogP contribution in [0.25, 0.3) is 0 Å². The van der Waals surface area contributed by atoms with Gasteiger partial charge in [-0.2, -0.15) is 0 Å². The zero-order valence-corrected chi connectivity index (χ0v) is 12.9. The van der Waals surface area contributed by atoms with Gasteiger partial charge in [0.1, 0.15) is 12.4 Å². The summed E-state index contributed by atoms with van der Waals surface area (Å²) in [4.78, 5) is 0. The van der Waals surface area contributed by atoms with Crippen LogP contribution in [0.15, 0.2) is 24.3 Å². The van der Waals surface area contributed by atoms with Crippen LogP contribution in [0.2, 0.25) is 0 Å². The molecule has 2 atom stereocenters. The Morgan fingerprint density at radius 2 is 2.00 bits per heavy atom. The summed E-state index contributed by atoms with van der Waals surface area (Å²) in [6.45, 7) is 2.78. The average molecular weight is 299 g/mol. The Labute approximate surface area is 123 Å². The molecule has 1 rings (SSSR count). The van der Waals surface area contributed by atoms with Gasteiger partial charge >= 0.3 is 0 Å². The Balaban J connectivity index is 2.24. The van der Waals surface area contributed by atoms with Crippen LogP contribution in [0.5, 0.6) is 5.75 Å². The van der Waals surface area contributed by atoms with Gasteiger partial charge in [0.2, 0.25) is 0 Å². The molecule has 0 saturated heterocycles. The van der Waals surface area contributed by atoms with E-state index in [0.717, 1.165) is 24.8 Å². The van der Waals surface area contributed by atoms with Crippen LogP contribution in [0, 0.1) is 0 Å². The van der Waals surface area contributed by atoms with Gasteiger partial charge in [0.05, 0.1) is 11.9 Å². The van der Waals surface area contributed by atoms with Crippen molar-refractivity contribution in [1.29, 1.82) is 0 Å². The van der Waals surface area contributed by atoms with Crippen LogP contribution in [0.3, 0.4) is 0 Å². The number of rotatable bonds is 10. The number of unbranched alkanes of at least 4 members (excludes halogenated alkanes) is 2. The molecule has 20 heavy (non-hydrogen) atoms. The van der Waals surface area contributed by atoms with Crippen molar-refractivity contribution in [2.45, 2.75) is 38.8 Å². The molecule has 0 aliphatic heterocycles. The molecular weight excluding hydrogens is 274 g/mol. The van der Waals surface area contributed by atoms with Gasteiger partial charge in [0, 0.05) is 23.1 Å². The van der Waals surface area contributed by atoms with Gasteiger partial charge in [0.15, 0.2) is 0 Å². The van der Waals surface area contributed by atoms with E-state index in [4.69, 9.17) is 10.5 Å². The third kappa shape index (κ3) is 7.03. The van der Waals surface area contributed by atoms with E-state index in [1.165, 1.54) is 0 Å². The van der Waals surface area contributed by atoms with E-state index >= 15 is 0 Å². The minimum atomic E-state index is -0.961. The average Bonchev–Trinajstić information content (AvgIpc) is 2.46. The van der Waals surface area contributed by atoms with E-state index in [2.05, 4.69) is 6.92 Å². The number of hydrogen-bond acceptors (Lipinski definition) is 4. The van der Waals surface area contributed by atoms with Crippen molar-refractivity contribution < 1.29 is 14.1 Å². The highest BCUT2D eigenvalue weighted by Gasteiger charge is 2.10. The Bertz CT molecular complexity index is 395. The van der Waals surface area contributed by atoms with Gasteiger partial charge in [-0.1, -0.05) is 31.9 Å². The fourth-order valence-electron chi connectivity index (χ4n) is 1.77. The lowest BCUT2D eigenvalue weighted by Crippen LogP contribution is -2.25. The molecular formula is C15H25NO3S. The molecule has 0 aromatic heterocycles. The fraction of sp³-hybridized carbons (Fsp3) is 0.600. The van der Waals surface area contributed by atoms with Gasteiger partial charge < -0.3 is 15.6 Å². The minimum absolute atomic E-state index is 0.168. The number of benzene rings is 1. The Kier molecular flexibility index (Phi) is 8.49. The van der Waals surface area contributed by atoms with E-state index in [-0.39, 0.29) is 12.4 Å². The van der Waals surface area contributed by atoms with E-state index in [1.54, 1.807) is 0 Å². The van der Waals surface area contributed by atoms with Crippen molar-refractivity contribution >= 4 is 10.8 Å². The molecule has 0 heterocycles. The third-order valence-corrected chi connectivity index (χ3v) is 4.46. The quantitative estimate of drug-likeness (QED) is 0.646. The normalized spacial score (nSPS) is 13.9. The molecule has 4 nitrogen and oxygen atoms in total. The molecule has 0 saturated carbocycles. The SMILES string of the molecule is CCCCCS(=O)CC(O)COc1ccc(CN)cc1. The highest BCUT2D eigenvalue weighted by Crippen LogP contribution is 2.12. The topological polar surface area (TPSA) is 72.5 Å². The molecule has 0 amide bonds. The number of ether oxygens (including phenoxy) is 1. The smallest absolute Gasteiger partial charge is 0.119 e. The molecule has 0 bridgehead atoms. The van der Waals surface area contributed by atoms with E-state index < -0.39 is 16.9 Å². The predicted molar refractivity (Wildman–Crippen MR) is 83.2 cm³/mol.